The number of sulfonamides is 1. The van der Waals surface area contributed by atoms with Gasteiger partial charge < -0.3 is 14.4 Å². The van der Waals surface area contributed by atoms with E-state index >= 15 is 0 Å². The molecule has 0 aliphatic carbocycles. The van der Waals surface area contributed by atoms with Gasteiger partial charge in [0.15, 0.2) is 0 Å². The van der Waals surface area contributed by atoms with Gasteiger partial charge in [-0.05, 0) is 50.5 Å². The molecule has 0 radical (unpaired) electrons. The lowest BCUT2D eigenvalue weighted by atomic mass is 9.97. The number of nitrogens with zero attached hydrogens (tertiary/aromatic N) is 1. The quantitative estimate of drug-likeness (QED) is 0.812. The van der Waals surface area contributed by atoms with Gasteiger partial charge in [0.05, 0.1) is 0 Å². The minimum atomic E-state index is -3.79. The monoisotopic (exact) mass is 316 g/mol. The van der Waals surface area contributed by atoms with Crippen molar-refractivity contribution >= 4 is 16.0 Å². The lowest BCUT2D eigenvalue weighted by molar-refractivity contribution is 0.0656. The molecule has 1 fully saturated rings. The number of hydrogen-bond acceptors (Lipinski definition) is 5. The molecule has 1 saturated heterocycles. The number of carboxylic acids is 1. The molecule has 7 nitrogen and oxygen atoms in total. The average Bonchev–Trinajstić information content (AvgIpc) is 2.97. The number of carboxylic acid groups (broad SMARTS) is 1. The summed E-state index contributed by atoms with van der Waals surface area (Å²) in [5.74, 6) is -1.37. The van der Waals surface area contributed by atoms with Crippen molar-refractivity contribution in [2.45, 2.75) is 24.9 Å². The zero-order chi connectivity index (χ0) is 15.5. The first-order valence-corrected chi connectivity index (χ1v) is 8.46. The molecule has 0 amide bonds. The van der Waals surface area contributed by atoms with Gasteiger partial charge in [-0.2, -0.15) is 0 Å². The van der Waals surface area contributed by atoms with Crippen LogP contribution in [0.15, 0.2) is 21.6 Å². The molecule has 0 spiro atoms. The van der Waals surface area contributed by atoms with Gasteiger partial charge in [-0.15, -0.1) is 0 Å². The number of aromatic carboxylic acids is 1. The van der Waals surface area contributed by atoms with Crippen LogP contribution < -0.4 is 4.72 Å². The Morgan fingerprint density at radius 2 is 2.10 bits per heavy atom. The Labute approximate surface area is 124 Å². The van der Waals surface area contributed by atoms with E-state index < -0.39 is 16.0 Å². The molecule has 2 N–H and O–H groups in total. The van der Waals surface area contributed by atoms with Gasteiger partial charge in [0.1, 0.15) is 0 Å². The maximum absolute atomic E-state index is 12.0. The Bertz CT molecular complexity index is 587. The average molecular weight is 316 g/mol. The van der Waals surface area contributed by atoms with Crippen LogP contribution in [0.4, 0.5) is 0 Å². The molecular formula is C13H20N2O5S. The predicted molar refractivity (Wildman–Crippen MR) is 75.7 cm³/mol. The summed E-state index contributed by atoms with van der Waals surface area (Å²) in [6.45, 7) is 5.44. The molecule has 1 aromatic rings. The minimum Gasteiger partial charge on any atom is -0.475 e. The van der Waals surface area contributed by atoms with Crippen LogP contribution >= 0.6 is 0 Å². The molecule has 0 atom stereocenters. The topological polar surface area (TPSA) is 99.9 Å². The molecule has 0 unspecified atom stereocenters. The second kappa shape index (κ2) is 6.59. The zero-order valence-corrected chi connectivity index (χ0v) is 12.7. The highest BCUT2D eigenvalue weighted by molar-refractivity contribution is 7.89. The molecule has 1 aromatic heterocycles. The van der Waals surface area contributed by atoms with E-state index in [9.17, 15) is 13.2 Å². The van der Waals surface area contributed by atoms with Crippen LogP contribution in [0.3, 0.4) is 0 Å². The third kappa shape index (κ3) is 4.05. The number of nitrogens with one attached hydrogen (secondary N) is 1. The summed E-state index contributed by atoms with van der Waals surface area (Å²) in [5.41, 5.74) is 0. The lowest BCUT2D eigenvalue weighted by Crippen LogP contribution is -2.38. The van der Waals surface area contributed by atoms with Gasteiger partial charge in [-0.1, -0.05) is 6.92 Å². The van der Waals surface area contributed by atoms with Crippen molar-refractivity contribution in [3.8, 4) is 0 Å². The predicted octanol–water partition coefficient (Wildman–Crippen LogP) is 0.988. The molecule has 21 heavy (non-hydrogen) atoms. The molecule has 0 bridgehead atoms. The maximum Gasteiger partial charge on any atom is 0.371 e. The fraction of sp³-hybridized carbons (Fsp3) is 0.615. The van der Waals surface area contributed by atoms with Gasteiger partial charge in [-0.25, -0.2) is 17.9 Å². The molecule has 2 heterocycles. The molecule has 0 saturated carbocycles. The van der Waals surface area contributed by atoms with Crippen LogP contribution in [-0.4, -0.2) is 50.6 Å². The summed E-state index contributed by atoms with van der Waals surface area (Å²) in [6, 6.07) is 2.29. The fourth-order valence-electron chi connectivity index (χ4n) is 2.38. The van der Waals surface area contributed by atoms with Gasteiger partial charge in [0, 0.05) is 6.54 Å². The second-order valence-corrected chi connectivity index (χ2v) is 6.85. The molecule has 118 valence electrons. The Balaban J connectivity index is 1.91. The van der Waals surface area contributed by atoms with E-state index in [1.165, 1.54) is 0 Å². The van der Waals surface area contributed by atoms with E-state index in [0.717, 1.165) is 44.6 Å². The van der Waals surface area contributed by atoms with Crippen LogP contribution in [0.1, 0.15) is 30.3 Å². The highest BCUT2D eigenvalue weighted by atomic mass is 32.2. The van der Waals surface area contributed by atoms with E-state index in [-0.39, 0.29) is 10.9 Å². The SMILES string of the molecule is CCN1CCC(CNS(=O)(=O)c2ccc(C(=O)O)o2)CC1. The lowest BCUT2D eigenvalue weighted by Gasteiger charge is -2.30. The van der Waals surface area contributed by atoms with E-state index in [2.05, 4.69) is 16.5 Å². The molecule has 8 heteroatoms. The minimum absolute atomic E-state index is 0.302. The van der Waals surface area contributed by atoms with Crippen LogP contribution in [0, 0.1) is 5.92 Å². The van der Waals surface area contributed by atoms with Gasteiger partial charge in [0.2, 0.25) is 10.9 Å². The molecule has 0 aromatic carbocycles. The summed E-state index contributed by atoms with van der Waals surface area (Å²) < 4.78 is 31.4. The van der Waals surface area contributed by atoms with Crippen LogP contribution in [0.2, 0.25) is 0 Å². The molecule has 2 rings (SSSR count). The number of carbonyl (C=O) groups is 1. The van der Waals surface area contributed by atoms with E-state index in [1.807, 2.05) is 0 Å². The third-order valence-corrected chi connectivity index (χ3v) is 5.07. The number of rotatable bonds is 6. The van der Waals surface area contributed by atoms with Gasteiger partial charge in [0.25, 0.3) is 10.0 Å². The molecular weight excluding hydrogens is 296 g/mol. The Hall–Kier alpha value is -1.38. The number of hydrogen-bond donors (Lipinski definition) is 2. The van der Waals surface area contributed by atoms with E-state index in [4.69, 9.17) is 9.52 Å². The highest BCUT2D eigenvalue weighted by Crippen LogP contribution is 2.18. The summed E-state index contributed by atoms with van der Waals surface area (Å²) in [7, 11) is -3.79. The first kappa shape index (κ1) is 16.0. The van der Waals surface area contributed by atoms with Crippen LogP contribution in [0.25, 0.3) is 0 Å². The van der Waals surface area contributed by atoms with E-state index in [1.54, 1.807) is 0 Å². The van der Waals surface area contributed by atoms with Crippen molar-refractivity contribution in [2.24, 2.45) is 5.92 Å². The van der Waals surface area contributed by atoms with Crippen molar-refractivity contribution in [3.05, 3.63) is 17.9 Å². The number of furan rings is 1. The van der Waals surface area contributed by atoms with Crippen molar-refractivity contribution in [1.29, 1.82) is 0 Å². The summed E-state index contributed by atoms with van der Waals surface area (Å²) >= 11 is 0. The zero-order valence-electron chi connectivity index (χ0n) is 11.9. The van der Waals surface area contributed by atoms with Crippen molar-refractivity contribution in [1.82, 2.24) is 9.62 Å². The summed E-state index contributed by atoms with van der Waals surface area (Å²) in [4.78, 5) is 13.0. The van der Waals surface area contributed by atoms with Crippen LogP contribution in [0.5, 0.6) is 0 Å². The van der Waals surface area contributed by atoms with Gasteiger partial charge in [-0.3, -0.25) is 0 Å². The largest absolute Gasteiger partial charge is 0.475 e. The number of likely N-dealkylation sites (tertiary alicyclic amines) is 1. The van der Waals surface area contributed by atoms with E-state index in [0.29, 0.717) is 12.5 Å². The summed E-state index contributed by atoms with van der Waals surface area (Å²) in [5, 5.41) is 8.38. The smallest absolute Gasteiger partial charge is 0.371 e. The summed E-state index contributed by atoms with van der Waals surface area (Å²) in [6.07, 6.45) is 1.91. The van der Waals surface area contributed by atoms with Gasteiger partial charge >= 0.3 is 5.97 Å². The normalized spacial score (nSPS) is 18.0. The van der Waals surface area contributed by atoms with Crippen molar-refractivity contribution in [3.63, 3.8) is 0 Å². The first-order chi connectivity index (χ1) is 9.92. The Morgan fingerprint density at radius 1 is 1.43 bits per heavy atom. The number of piperidine rings is 1. The van der Waals surface area contributed by atoms with Crippen molar-refractivity contribution in [2.75, 3.05) is 26.2 Å². The molecule has 1 aliphatic rings. The highest BCUT2D eigenvalue weighted by Gasteiger charge is 2.24. The Kier molecular flexibility index (Phi) is 5.02. The standard InChI is InChI=1S/C13H20N2O5S/c1-2-15-7-5-10(6-8-15)9-14-21(18,19)12-4-3-11(20-12)13(16)17/h3-4,10,14H,2,5-9H2,1H3,(H,16,17). The molecule has 1 aliphatic heterocycles. The second-order valence-electron chi connectivity index (χ2n) is 5.15. The maximum atomic E-state index is 12.0. The Morgan fingerprint density at radius 3 is 2.62 bits per heavy atom. The first-order valence-electron chi connectivity index (χ1n) is 6.97. The van der Waals surface area contributed by atoms with Crippen molar-refractivity contribution < 1.29 is 22.7 Å². The fourth-order valence-corrected chi connectivity index (χ4v) is 3.43. The third-order valence-electron chi connectivity index (χ3n) is 3.77. The van der Waals surface area contributed by atoms with Crippen LogP contribution in [-0.2, 0) is 10.0 Å².